The summed E-state index contributed by atoms with van der Waals surface area (Å²) in [7, 11) is 0. The molecule has 0 saturated carbocycles. The standard InChI is InChI=1S/C8H7ClO2.C7H5ClO2/c1-6-2-4-7(5-3-6)11-8(9)10;8-7(9)10-6-4-2-1-3-5-6/h2-5H,1H3;1-5H. The first-order chi connectivity index (χ1) is 9.97. The molecule has 0 bridgehead atoms. The number of carbonyl (C=O) groups excluding carboxylic acids is 2. The van der Waals surface area contributed by atoms with Gasteiger partial charge in [0.05, 0.1) is 0 Å². The minimum Gasteiger partial charge on any atom is -0.415 e. The highest BCUT2D eigenvalue weighted by Crippen LogP contribution is 2.12. The van der Waals surface area contributed by atoms with E-state index >= 15 is 0 Å². The minimum atomic E-state index is -0.814. The lowest BCUT2D eigenvalue weighted by atomic mass is 10.2. The Morgan fingerprint density at radius 3 is 1.62 bits per heavy atom. The van der Waals surface area contributed by atoms with E-state index in [2.05, 4.69) is 9.47 Å². The molecular formula is C15H12Cl2O4. The highest BCUT2D eigenvalue weighted by atomic mass is 35.5. The molecule has 0 N–H and O–H groups in total. The molecule has 0 aromatic heterocycles. The number of rotatable bonds is 2. The molecule has 4 nitrogen and oxygen atoms in total. The lowest BCUT2D eigenvalue weighted by molar-refractivity contribution is 0.224. The first kappa shape index (κ1) is 17.0. The monoisotopic (exact) mass is 326 g/mol. The molecule has 6 heteroatoms. The summed E-state index contributed by atoms with van der Waals surface area (Å²) in [4.78, 5) is 20.4. The summed E-state index contributed by atoms with van der Waals surface area (Å²) in [5, 5.41) is 0. The van der Waals surface area contributed by atoms with Crippen molar-refractivity contribution in [3.05, 3.63) is 60.2 Å². The van der Waals surface area contributed by atoms with Gasteiger partial charge in [0, 0.05) is 23.2 Å². The molecule has 2 aromatic carbocycles. The average Bonchev–Trinajstić information content (AvgIpc) is 2.42. The summed E-state index contributed by atoms with van der Waals surface area (Å²) in [6.45, 7) is 1.95. The van der Waals surface area contributed by atoms with E-state index in [0.717, 1.165) is 5.56 Å². The maximum Gasteiger partial charge on any atom is 0.409 e. The molecule has 0 fully saturated rings. The topological polar surface area (TPSA) is 52.6 Å². The fourth-order valence-corrected chi connectivity index (χ4v) is 1.46. The van der Waals surface area contributed by atoms with Gasteiger partial charge < -0.3 is 9.47 Å². The molecule has 0 atom stereocenters. The summed E-state index contributed by atoms with van der Waals surface area (Å²) >= 11 is 9.94. The number of carbonyl (C=O) groups is 2. The number of halogens is 2. The van der Waals surface area contributed by atoms with Crippen LogP contribution in [-0.4, -0.2) is 10.9 Å². The highest BCUT2D eigenvalue weighted by Gasteiger charge is 1.97. The van der Waals surface area contributed by atoms with Gasteiger partial charge in [0.25, 0.3) is 0 Å². The smallest absolute Gasteiger partial charge is 0.409 e. The highest BCUT2D eigenvalue weighted by molar-refractivity contribution is 6.61. The maximum absolute atomic E-state index is 10.2. The molecule has 110 valence electrons. The fraction of sp³-hybridized carbons (Fsp3) is 0.0667. The van der Waals surface area contributed by atoms with E-state index < -0.39 is 10.9 Å². The number of benzene rings is 2. The summed E-state index contributed by atoms with van der Waals surface area (Å²) in [5.41, 5.74) is -0.514. The van der Waals surface area contributed by atoms with Crippen molar-refractivity contribution < 1.29 is 19.1 Å². The molecule has 2 rings (SSSR count). The number of hydrogen-bond acceptors (Lipinski definition) is 4. The van der Waals surface area contributed by atoms with Gasteiger partial charge in [-0.1, -0.05) is 35.9 Å². The molecule has 0 amide bonds. The molecule has 0 heterocycles. The van der Waals surface area contributed by atoms with E-state index in [4.69, 9.17) is 23.2 Å². The van der Waals surface area contributed by atoms with Crippen molar-refractivity contribution in [1.29, 1.82) is 0 Å². The maximum atomic E-state index is 10.2. The zero-order valence-corrected chi connectivity index (χ0v) is 12.6. The summed E-state index contributed by atoms with van der Waals surface area (Å²) < 4.78 is 9.14. The van der Waals surface area contributed by atoms with Crippen LogP contribution in [0.25, 0.3) is 0 Å². The Hall–Kier alpha value is -2.04. The third-order valence-corrected chi connectivity index (χ3v) is 2.31. The van der Waals surface area contributed by atoms with E-state index in [1.807, 2.05) is 25.1 Å². The molecule has 0 aliphatic carbocycles. The van der Waals surface area contributed by atoms with Gasteiger partial charge in [-0.05, 0) is 31.2 Å². The second-order valence-electron chi connectivity index (χ2n) is 3.81. The second kappa shape index (κ2) is 9.00. The largest absolute Gasteiger partial charge is 0.415 e. The first-order valence-corrected chi connectivity index (χ1v) is 6.59. The van der Waals surface area contributed by atoms with E-state index in [9.17, 15) is 9.59 Å². The third-order valence-electron chi connectivity index (χ3n) is 2.16. The van der Waals surface area contributed by atoms with Gasteiger partial charge in [0.2, 0.25) is 0 Å². The molecule has 21 heavy (non-hydrogen) atoms. The second-order valence-corrected chi connectivity index (χ2v) is 4.42. The van der Waals surface area contributed by atoms with E-state index in [1.165, 1.54) is 0 Å². The van der Waals surface area contributed by atoms with Crippen molar-refractivity contribution in [3.8, 4) is 11.5 Å². The van der Waals surface area contributed by atoms with Crippen molar-refractivity contribution in [3.63, 3.8) is 0 Å². The molecular weight excluding hydrogens is 315 g/mol. The zero-order chi connectivity index (χ0) is 15.7. The molecule has 2 aromatic rings. The predicted octanol–water partition coefficient (Wildman–Crippen LogP) is 5.16. The predicted molar refractivity (Wildman–Crippen MR) is 81.4 cm³/mol. The molecule has 0 saturated heterocycles. The van der Waals surface area contributed by atoms with Crippen LogP contribution in [0.2, 0.25) is 0 Å². The van der Waals surface area contributed by atoms with Crippen LogP contribution in [0.15, 0.2) is 54.6 Å². The summed E-state index contributed by atoms with van der Waals surface area (Å²) in [5.74, 6) is 0.929. The van der Waals surface area contributed by atoms with E-state index in [0.29, 0.717) is 11.5 Å². The number of para-hydroxylation sites is 1. The van der Waals surface area contributed by atoms with Gasteiger partial charge in [0.1, 0.15) is 11.5 Å². The van der Waals surface area contributed by atoms with Crippen molar-refractivity contribution >= 4 is 34.1 Å². The van der Waals surface area contributed by atoms with Crippen LogP contribution in [0.1, 0.15) is 5.56 Å². The van der Waals surface area contributed by atoms with Crippen LogP contribution in [0.5, 0.6) is 11.5 Å². The number of aryl methyl sites for hydroxylation is 1. The Labute approximate surface area is 132 Å². The van der Waals surface area contributed by atoms with Gasteiger partial charge in [-0.25, -0.2) is 9.59 Å². The van der Waals surface area contributed by atoms with Crippen molar-refractivity contribution in [2.24, 2.45) is 0 Å². The van der Waals surface area contributed by atoms with Crippen LogP contribution in [-0.2, 0) is 0 Å². The molecule has 0 aliphatic rings. The van der Waals surface area contributed by atoms with Gasteiger partial charge >= 0.3 is 10.9 Å². The SMILES string of the molecule is Cc1ccc(OC(=O)Cl)cc1.O=C(Cl)Oc1ccccc1. The fourth-order valence-electron chi connectivity index (χ4n) is 1.28. The average molecular weight is 327 g/mol. The molecule has 0 aliphatic heterocycles. The van der Waals surface area contributed by atoms with Gasteiger partial charge in [-0.15, -0.1) is 0 Å². The lowest BCUT2D eigenvalue weighted by Gasteiger charge is -1.98. The van der Waals surface area contributed by atoms with Crippen molar-refractivity contribution in [2.45, 2.75) is 6.92 Å². The Morgan fingerprint density at radius 2 is 1.19 bits per heavy atom. The Morgan fingerprint density at radius 1 is 0.762 bits per heavy atom. The first-order valence-electron chi connectivity index (χ1n) is 5.83. The summed E-state index contributed by atoms with van der Waals surface area (Å²) in [6, 6.07) is 15.7. The van der Waals surface area contributed by atoms with Gasteiger partial charge in [0.15, 0.2) is 0 Å². The van der Waals surface area contributed by atoms with Crippen LogP contribution < -0.4 is 9.47 Å². The Bertz CT molecular complexity index is 582. The molecule has 0 radical (unpaired) electrons. The Kier molecular flexibility index (Phi) is 7.29. The molecule has 0 unspecified atom stereocenters. The van der Waals surface area contributed by atoms with Gasteiger partial charge in [-0.2, -0.15) is 0 Å². The van der Waals surface area contributed by atoms with E-state index in [1.54, 1.807) is 36.4 Å². The van der Waals surface area contributed by atoms with Crippen LogP contribution in [0.3, 0.4) is 0 Å². The number of ether oxygens (including phenoxy) is 2. The van der Waals surface area contributed by atoms with Crippen molar-refractivity contribution in [2.75, 3.05) is 0 Å². The van der Waals surface area contributed by atoms with Crippen LogP contribution in [0.4, 0.5) is 9.59 Å². The van der Waals surface area contributed by atoms with Crippen LogP contribution >= 0.6 is 23.2 Å². The summed E-state index contributed by atoms with van der Waals surface area (Å²) in [6.07, 6.45) is 0. The number of hydrogen-bond donors (Lipinski definition) is 0. The van der Waals surface area contributed by atoms with Gasteiger partial charge in [-0.3, -0.25) is 0 Å². The molecule has 0 spiro atoms. The van der Waals surface area contributed by atoms with Crippen LogP contribution in [0, 0.1) is 6.92 Å². The van der Waals surface area contributed by atoms with E-state index in [-0.39, 0.29) is 0 Å². The lowest BCUT2D eigenvalue weighted by Crippen LogP contribution is -1.95. The minimum absolute atomic E-state index is 0.461. The zero-order valence-electron chi connectivity index (χ0n) is 11.1. The van der Waals surface area contributed by atoms with Crippen molar-refractivity contribution in [1.82, 2.24) is 0 Å². The normalized spacial score (nSPS) is 9.10. The third kappa shape index (κ3) is 7.97. The quantitative estimate of drug-likeness (QED) is 0.715. The Balaban J connectivity index is 0.000000211.